The van der Waals surface area contributed by atoms with Gasteiger partial charge in [0.15, 0.2) is 0 Å². The van der Waals surface area contributed by atoms with Gasteiger partial charge < -0.3 is 10.5 Å². The Hall–Kier alpha value is -1.51. The fourth-order valence-electron chi connectivity index (χ4n) is 1.91. The van der Waals surface area contributed by atoms with Gasteiger partial charge in [-0.2, -0.15) is 0 Å². The van der Waals surface area contributed by atoms with Crippen LogP contribution in [-0.2, 0) is 14.9 Å². The Labute approximate surface area is 89.2 Å². The second-order valence-corrected chi connectivity index (χ2v) is 3.89. The Kier molecular flexibility index (Phi) is 2.39. The number of rotatable bonds is 3. The maximum absolute atomic E-state index is 11.8. The van der Waals surface area contributed by atoms with Crippen LogP contribution in [0.15, 0.2) is 24.3 Å². The van der Waals surface area contributed by atoms with Crippen molar-refractivity contribution >= 4 is 11.7 Å². The first-order valence-electron chi connectivity index (χ1n) is 5.23. The van der Waals surface area contributed by atoms with Crippen LogP contribution in [0.4, 0.5) is 5.69 Å². The normalized spacial score (nSPS) is 17.1. The zero-order chi connectivity index (χ0) is 10.9. The first kappa shape index (κ1) is 10.0. The zero-order valence-corrected chi connectivity index (χ0v) is 8.82. The molecule has 0 radical (unpaired) electrons. The third-order valence-electron chi connectivity index (χ3n) is 2.89. The fraction of sp³-hybridized carbons (Fsp3) is 0.417. The van der Waals surface area contributed by atoms with Crippen molar-refractivity contribution in [3.63, 3.8) is 0 Å². The highest BCUT2D eigenvalue weighted by molar-refractivity contribution is 5.88. The van der Waals surface area contributed by atoms with E-state index >= 15 is 0 Å². The molecule has 0 bridgehead atoms. The molecule has 2 rings (SSSR count). The van der Waals surface area contributed by atoms with Crippen molar-refractivity contribution in [3.05, 3.63) is 29.8 Å². The third kappa shape index (κ3) is 1.58. The Bertz CT molecular complexity index is 383. The van der Waals surface area contributed by atoms with E-state index in [-0.39, 0.29) is 5.97 Å². The number of para-hydroxylation sites is 1. The van der Waals surface area contributed by atoms with Gasteiger partial charge in [-0.1, -0.05) is 18.2 Å². The van der Waals surface area contributed by atoms with Gasteiger partial charge in [-0.05, 0) is 31.4 Å². The molecule has 0 unspecified atom stereocenters. The summed E-state index contributed by atoms with van der Waals surface area (Å²) in [5.41, 5.74) is 7.03. The van der Waals surface area contributed by atoms with E-state index in [1.165, 1.54) is 0 Å². The average molecular weight is 205 g/mol. The molecule has 15 heavy (non-hydrogen) atoms. The molecule has 0 spiro atoms. The number of ether oxygens (including phenoxy) is 1. The minimum Gasteiger partial charge on any atom is -0.465 e. The number of anilines is 1. The fourth-order valence-corrected chi connectivity index (χ4v) is 1.91. The summed E-state index contributed by atoms with van der Waals surface area (Å²) in [5.74, 6) is -0.136. The number of benzene rings is 1. The molecule has 1 saturated carbocycles. The van der Waals surface area contributed by atoms with E-state index < -0.39 is 5.41 Å². The van der Waals surface area contributed by atoms with Crippen LogP contribution in [-0.4, -0.2) is 12.6 Å². The Morgan fingerprint density at radius 1 is 1.47 bits per heavy atom. The van der Waals surface area contributed by atoms with Gasteiger partial charge in [0.1, 0.15) is 0 Å². The first-order valence-corrected chi connectivity index (χ1v) is 5.23. The lowest BCUT2D eigenvalue weighted by Gasteiger charge is -2.15. The number of carbonyl (C=O) groups excluding carboxylic acids is 1. The van der Waals surface area contributed by atoms with Crippen molar-refractivity contribution in [1.82, 2.24) is 0 Å². The molecule has 1 fully saturated rings. The number of carbonyl (C=O) groups is 1. The summed E-state index contributed by atoms with van der Waals surface area (Å²) >= 11 is 0. The van der Waals surface area contributed by atoms with Crippen molar-refractivity contribution in [2.75, 3.05) is 12.3 Å². The molecule has 0 aromatic heterocycles. The molecule has 3 heteroatoms. The Morgan fingerprint density at radius 3 is 2.67 bits per heavy atom. The van der Waals surface area contributed by atoms with E-state index in [0.717, 1.165) is 18.4 Å². The van der Waals surface area contributed by atoms with Crippen LogP contribution in [0.5, 0.6) is 0 Å². The van der Waals surface area contributed by atoms with E-state index in [9.17, 15) is 4.79 Å². The first-order chi connectivity index (χ1) is 7.20. The van der Waals surface area contributed by atoms with Gasteiger partial charge in [0.25, 0.3) is 0 Å². The molecule has 1 aromatic rings. The van der Waals surface area contributed by atoms with Crippen molar-refractivity contribution in [3.8, 4) is 0 Å². The van der Waals surface area contributed by atoms with Gasteiger partial charge in [-0.15, -0.1) is 0 Å². The van der Waals surface area contributed by atoms with E-state index in [0.29, 0.717) is 12.3 Å². The second-order valence-electron chi connectivity index (χ2n) is 3.89. The van der Waals surface area contributed by atoms with Gasteiger partial charge >= 0.3 is 5.97 Å². The molecule has 0 saturated heterocycles. The quantitative estimate of drug-likeness (QED) is 0.605. The molecular weight excluding hydrogens is 190 g/mol. The van der Waals surface area contributed by atoms with Crippen LogP contribution in [0, 0.1) is 0 Å². The molecule has 2 N–H and O–H groups in total. The molecule has 0 aliphatic heterocycles. The van der Waals surface area contributed by atoms with E-state index in [2.05, 4.69) is 0 Å². The SMILES string of the molecule is CCOC(=O)C1(c2ccccc2N)CC1. The number of esters is 1. The van der Waals surface area contributed by atoms with Gasteiger partial charge in [-0.25, -0.2) is 0 Å². The van der Waals surface area contributed by atoms with Crippen LogP contribution in [0.25, 0.3) is 0 Å². The monoisotopic (exact) mass is 205 g/mol. The maximum Gasteiger partial charge on any atom is 0.316 e. The van der Waals surface area contributed by atoms with Crippen LogP contribution < -0.4 is 5.73 Å². The summed E-state index contributed by atoms with van der Waals surface area (Å²) < 4.78 is 5.08. The molecule has 1 aliphatic rings. The number of hydrogen-bond acceptors (Lipinski definition) is 3. The number of hydrogen-bond donors (Lipinski definition) is 1. The topological polar surface area (TPSA) is 52.3 Å². The standard InChI is InChI=1S/C12H15NO2/c1-2-15-11(14)12(7-8-12)9-5-3-4-6-10(9)13/h3-6H,2,7-8,13H2,1H3. The summed E-state index contributed by atoms with van der Waals surface area (Å²) in [7, 11) is 0. The minimum absolute atomic E-state index is 0.136. The van der Waals surface area contributed by atoms with Crippen molar-refractivity contribution in [1.29, 1.82) is 0 Å². The van der Waals surface area contributed by atoms with Crippen LogP contribution >= 0.6 is 0 Å². The molecule has 0 amide bonds. The average Bonchev–Trinajstić information content (AvgIpc) is 3.00. The zero-order valence-electron chi connectivity index (χ0n) is 8.82. The van der Waals surface area contributed by atoms with E-state index in [1.54, 1.807) is 0 Å². The maximum atomic E-state index is 11.8. The summed E-state index contributed by atoms with van der Waals surface area (Å²) in [6, 6.07) is 7.53. The van der Waals surface area contributed by atoms with Gasteiger partial charge in [0, 0.05) is 5.69 Å². The van der Waals surface area contributed by atoms with E-state index in [1.807, 2.05) is 31.2 Å². The summed E-state index contributed by atoms with van der Waals surface area (Å²) in [6.07, 6.45) is 1.69. The highest BCUT2D eigenvalue weighted by atomic mass is 16.5. The minimum atomic E-state index is -0.443. The Balaban J connectivity index is 2.31. The summed E-state index contributed by atoms with van der Waals surface area (Å²) in [5, 5.41) is 0. The Morgan fingerprint density at radius 2 is 2.13 bits per heavy atom. The van der Waals surface area contributed by atoms with Crippen molar-refractivity contribution in [2.24, 2.45) is 0 Å². The molecule has 0 atom stereocenters. The lowest BCUT2D eigenvalue weighted by Crippen LogP contribution is -2.24. The molecule has 3 nitrogen and oxygen atoms in total. The van der Waals surface area contributed by atoms with E-state index in [4.69, 9.17) is 10.5 Å². The third-order valence-corrected chi connectivity index (χ3v) is 2.89. The van der Waals surface area contributed by atoms with Crippen LogP contribution in [0.2, 0.25) is 0 Å². The molecule has 0 heterocycles. The largest absolute Gasteiger partial charge is 0.465 e. The predicted octanol–water partition coefficient (Wildman–Crippen LogP) is 1.86. The van der Waals surface area contributed by atoms with Crippen molar-refractivity contribution in [2.45, 2.75) is 25.2 Å². The lowest BCUT2D eigenvalue weighted by molar-refractivity contribution is -0.146. The lowest BCUT2D eigenvalue weighted by atomic mass is 9.94. The molecule has 80 valence electrons. The summed E-state index contributed by atoms with van der Waals surface area (Å²) in [4.78, 5) is 11.8. The highest BCUT2D eigenvalue weighted by Gasteiger charge is 2.53. The van der Waals surface area contributed by atoms with Gasteiger partial charge in [0.2, 0.25) is 0 Å². The molecule has 1 aliphatic carbocycles. The highest BCUT2D eigenvalue weighted by Crippen LogP contribution is 2.50. The summed E-state index contributed by atoms with van der Waals surface area (Å²) in [6.45, 7) is 2.25. The number of nitrogens with two attached hydrogens (primary N) is 1. The molecule has 1 aromatic carbocycles. The predicted molar refractivity (Wildman–Crippen MR) is 58.4 cm³/mol. The smallest absolute Gasteiger partial charge is 0.316 e. The van der Waals surface area contributed by atoms with Crippen LogP contribution in [0.1, 0.15) is 25.3 Å². The second kappa shape index (κ2) is 3.57. The van der Waals surface area contributed by atoms with Crippen molar-refractivity contribution < 1.29 is 9.53 Å². The molecular formula is C12H15NO2. The van der Waals surface area contributed by atoms with Crippen LogP contribution in [0.3, 0.4) is 0 Å². The van der Waals surface area contributed by atoms with Gasteiger partial charge in [-0.3, -0.25) is 4.79 Å². The number of nitrogen functional groups attached to an aromatic ring is 1. The van der Waals surface area contributed by atoms with Gasteiger partial charge in [0.05, 0.1) is 12.0 Å².